The van der Waals surface area contributed by atoms with Crippen molar-refractivity contribution in [2.24, 2.45) is 0 Å². The summed E-state index contributed by atoms with van der Waals surface area (Å²) >= 11 is 5.71. The van der Waals surface area contributed by atoms with Gasteiger partial charge in [0.25, 0.3) is 0 Å². The number of Topliss-reactive ketones (excluding diaryl/α,β-unsaturated/α-hetero) is 1. The van der Waals surface area contributed by atoms with E-state index in [4.69, 9.17) is 11.6 Å². The Labute approximate surface area is 126 Å². The summed E-state index contributed by atoms with van der Waals surface area (Å²) in [7, 11) is 0. The maximum atomic E-state index is 13.8. The zero-order chi connectivity index (χ0) is 14.8. The third kappa shape index (κ3) is 2.78. The number of aromatic nitrogens is 1. The van der Waals surface area contributed by atoms with Crippen LogP contribution in [-0.2, 0) is 6.42 Å². The maximum absolute atomic E-state index is 13.8. The third-order valence-corrected chi connectivity index (χ3v) is 3.54. The Balaban J connectivity index is 1.97. The number of nitrogens with zero attached hydrogens (tertiary/aromatic N) is 1. The molecule has 0 aliphatic rings. The van der Waals surface area contributed by atoms with Gasteiger partial charge in [-0.3, -0.25) is 9.78 Å². The van der Waals surface area contributed by atoms with Crippen molar-refractivity contribution in [1.29, 1.82) is 0 Å². The molecule has 0 saturated carbocycles. The maximum Gasteiger partial charge on any atom is 0.186 e. The number of fused-ring (bicyclic) bond motifs is 1. The van der Waals surface area contributed by atoms with Crippen molar-refractivity contribution in [3.05, 3.63) is 76.8 Å². The Morgan fingerprint density at radius 2 is 1.95 bits per heavy atom. The highest BCUT2D eigenvalue weighted by Gasteiger charge is 2.14. The van der Waals surface area contributed by atoms with Crippen LogP contribution in [0.15, 0.2) is 54.7 Å². The minimum atomic E-state index is -0.476. The van der Waals surface area contributed by atoms with E-state index in [2.05, 4.69) is 4.98 Å². The molecule has 0 N–H and O–H groups in total. The molecule has 104 valence electrons. The van der Waals surface area contributed by atoms with Crippen LogP contribution in [0.5, 0.6) is 0 Å². The van der Waals surface area contributed by atoms with Crippen LogP contribution in [0.1, 0.15) is 16.1 Å². The fourth-order valence-corrected chi connectivity index (χ4v) is 2.42. The Kier molecular flexibility index (Phi) is 3.67. The van der Waals surface area contributed by atoms with Crippen molar-refractivity contribution < 1.29 is 9.18 Å². The molecule has 0 aliphatic carbocycles. The zero-order valence-electron chi connectivity index (χ0n) is 11.0. The molecular weight excluding hydrogens is 289 g/mol. The van der Waals surface area contributed by atoms with Crippen LogP contribution in [0.3, 0.4) is 0 Å². The summed E-state index contributed by atoms with van der Waals surface area (Å²) in [6.07, 6.45) is 1.55. The standard InChI is InChI=1S/C17H11ClFNO/c18-13-6-5-12(15(19)10-13)9-16(21)17-14-4-2-1-3-11(14)7-8-20-17/h1-8,10H,9H2. The molecule has 0 fully saturated rings. The van der Waals surface area contributed by atoms with Crippen LogP contribution in [0.4, 0.5) is 4.39 Å². The molecule has 2 nitrogen and oxygen atoms in total. The molecule has 1 aromatic heterocycles. The Morgan fingerprint density at radius 1 is 1.14 bits per heavy atom. The lowest BCUT2D eigenvalue weighted by atomic mass is 10.0. The topological polar surface area (TPSA) is 30.0 Å². The molecule has 0 atom stereocenters. The molecule has 4 heteroatoms. The van der Waals surface area contributed by atoms with Crippen LogP contribution < -0.4 is 0 Å². The van der Waals surface area contributed by atoms with Gasteiger partial charge in [-0.25, -0.2) is 4.39 Å². The normalized spacial score (nSPS) is 10.8. The highest BCUT2D eigenvalue weighted by atomic mass is 35.5. The van der Waals surface area contributed by atoms with Crippen molar-refractivity contribution in [3.63, 3.8) is 0 Å². The molecule has 0 saturated heterocycles. The number of hydrogen-bond acceptors (Lipinski definition) is 2. The van der Waals surface area contributed by atoms with E-state index in [1.165, 1.54) is 12.1 Å². The van der Waals surface area contributed by atoms with Crippen molar-refractivity contribution >= 4 is 28.2 Å². The minimum Gasteiger partial charge on any atom is -0.292 e. The van der Waals surface area contributed by atoms with Gasteiger partial charge >= 0.3 is 0 Å². The lowest BCUT2D eigenvalue weighted by Gasteiger charge is -2.06. The van der Waals surface area contributed by atoms with Crippen LogP contribution in [-0.4, -0.2) is 10.8 Å². The number of carbonyl (C=O) groups is 1. The lowest BCUT2D eigenvalue weighted by Crippen LogP contribution is -2.08. The molecule has 2 aromatic carbocycles. The van der Waals surface area contributed by atoms with Gasteiger partial charge in [-0.1, -0.05) is 41.9 Å². The number of hydrogen-bond donors (Lipinski definition) is 0. The quantitative estimate of drug-likeness (QED) is 0.669. The van der Waals surface area contributed by atoms with Gasteiger partial charge in [0, 0.05) is 23.0 Å². The van der Waals surface area contributed by atoms with Crippen molar-refractivity contribution in [2.45, 2.75) is 6.42 Å². The number of benzene rings is 2. The van der Waals surface area contributed by atoms with E-state index >= 15 is 0 Å². The summed E-state index contributed by atoms with van der Waals surface area (Å²) in [4.78, 5) is 16.6. The molecule has 1 heterocycles. The fraction of sp³-hybridized carbons (Fsp3) is 0.0588. The average Bonchev–Trinajstić information content (AvgIpc) is 2.49. The number of halogens is 2. The molecule has 0 radical (unpaired) electrons. The fourth-order valence-electron chi connectivity index (χ4n) is 2.26. The van der Waals surface area contributed by atoms with Gasteiger partial charge < -0.3 is 0 Å². The van der Waals surface area contributed by atoms with Crippen LogP contribution >= 0.6 is 11.6 Å². The molecule has 21 heavy (non-hydrogen) atoms. The van der Waals surface area contributed by atoms with E-state index in [1.54, 1.807) is 12.3 Å². The largest absolute Gasteiger partial charge is 0.292 e. The average molecular weight is 300 g/mol. The first kappa shape index (κ1) is 13.7. The molecule has 0 spiro atoms. The van der Waals surface area contributed by atoms with Gasteiger partial charge in [0.1, 0.15) is 11.5 Å². The Hall–Kier alpha value is -2.26. The number of carbonyl (C=O) groups excluding carboxylic acids is 1. The number of pyridine rings is 1. The monoisotopic (exact) mass is 299 g/mol. The summed E-state index contributed by atoms with van der Waals surface area (Å²) in [5.74, 6) is -0.691. The van der Waals surface area contributed by atoms with E-state index in [9.17, 15) is 9.18 Å². The first-order valence-corrected chi connectivity index (χ1v) is 6.84. The van der Waals surface area contributed by atoms with Crippen molar-refractivity contribution in [2.75, 3.05) is 0 Å². The second-order valence-corrected chi connectivity index (χ2v) is 5.15. The van der Waals surface area contributed by atoms with Crippen molar-refractivity contribution in [1.82, 2.24) is 4.98 Å². The molecule has 3 rings (SSSR count). The first-order chi connectivity index (χ1) is 10.1. The third-order valence-electron chi connectivity index (χ3n) is 3.30. The predicted octanol–water partition coefficient (Wildman–Crippen LogP) is 4.45. The highest BCUT2D eigenvalue weighted by molar-refractivity contribution is 6.30. The second-order valence-electron chi connectivity index (χ2n) is 4.72. The second kappa shape index (κ2) is 5.62. The highest BCUT2D eigenvalue weighted by Crippen LogP contribution is 2.20. The van der Waals surface area contributed by atoms with Crippen LogP contribution in [0.25, 0.3) is 10.8 Å². The number of ketones is 1. The van der Waals surface area contributed by atoms with Crippen LogP contribution in [0, 0.1) is 5.82 Å². The Morgan fingerprint density at radius 3 is 2.76 bits per heavy atom. The molecule has 0 aliphatic heterocycles. The van der Waals surface area contributed by atoms with E-state index in [0.29, 0.717) is 16.3 Å². The van der Waals surface area contributed by atoms with Gasteiger partial charge in [0.05, 0.1) is 0 Å². The van der Waals surface area contributed by atoms with Crippen LogP contribution in [0.2, 0.25) is 5.02 Å². The summed E-state index contributed by atoms with van der Waals surface area (Å²) in [5, 5.41) is 2.03. The predicted molar refractivity (Wildman–Crippen MR) is 81.2 cm³/mol. The molecular formula is C17H11ClFNO. The zero-order valence-corrected chi connectivity index (χ0v) is 11.8. The SMILES string of the molecule is O=C(Cc1ccc(Cl)cc1F)c1nccc2ccccc12. The summed E-state index contributed by atoms with van der Waals surface area (Å²) in [5.41, 5.74) is 0.682. The lowest BCUT2D eigenvalue weighted by molar-refractivity contribution is 0.0989. The summed E-state index contributed by atoms with van der Waals surface area (Å²) in [6.45, 7) is 0. The minimum absolute atomic E-state index is 0.0377. The molecule has 0 bridgehead atoms. The van der Waals surface area contributed by atoms with Gasteiger partial charge in [-0.2, -0.15) is 0 Å². The first-order valence-electron chi connectivity index (χ1n) is 6.46. The van der Waals surface area contributed by atoms with E-state index in [1.807, 2.05) is 30.3 Å². The van der Waals surface area contributed by atoms with E-state index in [-0.39, 0.29) is 12.2 Å². The Bertz CT molecular complexity index is 827. The van der Waals surface area contributed by atoms with Gasteiger partial charge in [0.15, 0.2) is 5.78 Å². The van der Waals surface area contributed by atoms with E-state index in [0.717, 1.165) is 10.8 Å². The van der Waals surface area contributed by atoms with Gasteiger partial charge in [-0.15, -0.1) is 0 Å². The van der Waals surface area contributed by atoms with Gasteiger partial charge in [-0.05, 0) is 29.1 Å². The molecule has 3 aromatic rings. The molecule has 0 amide bonds. The number of rotatable bonds is 3. The van der Waals surface area contributed by atoms with Gasteiger partial charge in [0.2, 0.25) is 0 Å². The smallest absolute Gasteiger partial charge is 0.186 e. The van der Waals surface area contributed by atoms with Crippen molar-refractivity contribution in [3.8, 4) is 0 Å². The summed E-state index contributed by atoms with van der Waals surface area (Å²) in [6, 6.07) is 13.7. The van der Waals surface area contributed by atoms with E-state index < -0.39 is 5.82 Å². The summed E-state index contributed by atoms with van der Waals surface area (Å²) < 4.78 is 13.8. The molecule has 0 unspecified atom stereocenters.